The first-order chi connectivity index (χ1) is 8.74. The topological polar surface area (TPSA) is 0 Å². The van der Waals surface area contributed by atoms with Gasteiger partial charge in [0.05, 0.1) is 0 Å². The van der Waals surface area contributed by atoms with Gasteiger partial charge in [-0.05, 0) is 24.3 Å². The van der Waals surface area contributed by atoms with Crippen molar-refractivity contribution in [3.05, 3.63) is 46.5 Å². The molecule has 0 amide bonds. The van der Waals surface area contributed by atoms with Crippen LogP contribution < -0.4 is 0 Å². The highest BCUT2D eigenvalue weighted by Gasteiger charge is 2.08. The van der Waals surface area contributed by atoms with Crippen LogP contribution in [0.3, 0.4) is 0 Å². The average molecular weight is 224 g/mol. The highest BCUT2D eigenvalue weighted by atomic mass is 14.1. The summed E-state index contributed by atoms with van der Waals surface area (Å²) in [5.74, 6) is 10.4. The standard InChI is InChI=1S/C18H8/c1-5-13-11-16(8-4)18-15(7-3)10-9-14(6-2)17(18)12-13/h1-4,9-12H. The van der Waals surface area contributed by atoms with Crippen LogP contribution >= 0.6 is 0 Å². The lowest BCUT2D eigenvalue weighted by Gasteiger charge is -2.08. The lowest BCUT2D eigenvalue weighted by molar-refractivity contribution is 1.61. The Morgan fingerprint density at radius 3 is 1.83 bits per heavy atom. The molecule has 0 saturated carbocycles. The van der Waals surface area contributed by atoms with Crippen molar-refractivity contribution in [3.63, 3.8) is 0 Å². The molecule has 0 heterocycles. The van der Waals surface area contributed by atoms with Gasteiger partial charge in [-0.3, -0.25) is 0 Å². The minimum atomic E-state index is 0.672. The summed E-state index contributed by atoms with van der Waals surface area (Å²) in [6.45, 7) is 0. The Hall–Kier alpha value is -3.06. The highest BCUT2D eigenvalue weighted by molar-refractivity contribution is 5.97. The molecule has 0 aliphatic carbocycles. The molecular weight excluding hydrogens is 216 g/mol. The van der Waals surface area contributed by atoms with Gasteiger partial charge in [-0.15, -0.1) is 25.7 Å². The first-order valence-corrected chi connectivity index (χ1v) is 5.22. The van der Waals surface area contributed by atoms with Crippen LogP contribution in [0.5, 0.6) is 0 Å². The van der Waals surface area contributed by atoms with Crippen LogP contribution in [0, 0.1) is 49.4 Å². The molecule has 2 rings (SSSR count). The van der Waals surface area contributed by atoms with Crippen molar-refractivity contribution in [2.75, 3.05) is 0 Å². The molecular formula is C18H8. The molecule has 18 heavy (non-hydrogen) atoms. The van der Waals surface area contributed by atoms with Gasteiger partial charge in [0.2, 0.25) is 0 Å². The Bertz CT molecular complexity index is 807. The Morgan fingerprint density at radius 2 is 1.28 bits per heavy atom. The van der Waals surface area contributed by atoms with E-state index in [4.69, 9.17) is 25.7 Å². The van der Waals surface area contributed by atoms with Crippen LogP contribution in [0.25, 0.3) is 10.8 Å². The molecule has 0 aliphatic heterocycles. The van der Waals surface area contributed by atoms with Crippen LogP contribution in [0.4, 0.5) is 0 Å². The molecule has 0 spiro atoms. The molecule has 0 bridgehead atoms. The maximum atomic E-state index is 5.52. The van der Waals surface area contributed by atoms with Gasteiger partial charge in [0.15, 0.2) is 0 Å². The van der Waals surface area contributed by atoms with Gasteiger partial charge in [0.25, 0.3) is 0 Å². The van der Waals surface area contributed by atoms with E-state index in [-0.39, 0.29) is 0 Å². The van der Waals surface area contributed by atoms with Crippen LogP contribution in [0.1, 0.15) is 22.3 Å². The zero-order chi connectivity index (χ0) is 13.1. The van der Waals surface area contributed by atoms with Gasteiger partial charge in [0, 0.05) is 33.0 Å². The maximum absolute atomic E-state index is 5.52. The van der Waals surface area contributed by atoms with Gasteiger partial charge in [-0.25, -0.2) is 0 Å². The fourth-order valence-electron chi connectivity index (χ4n) is 1.93. The van der Waals surface area contributed by atoms with E-state index in [0.29, 0.717) is 11.1 Å². The summed E-state index contributed by atoms with van der Waals surface area (Å²) in [6, 6.07) is 7.21. The smallest absolute Gasteiger partial charge is 0.0346 e. The first kappa shape index (κ1) is 11.4. The molecule has 0 atom stereocenters. The summed E-state index contributed by atoms with van der Waals surface area (Å²) < 4.78 is 0. The normalized spacial score (nSPS) is 8.89. The van der Waals surface area contributed by atoms with Gasteiger partial charge in [-0.2, -0.15) is 0 Å². The second-order valence-electron chi connectivity index (χ2n) is 3.68. The van der Waals surface area contributed by atoms with E-state index in [9.17, 15) is 0 Å². The third-order valence-electron chi connectivity index (χ3n) is 2.75. The Morgan fingerprint density at radius 1 is 0.667 bits per heavy atom. The number of rotatable bonds is 0. The molecule has 0 nitrogen and oxygen atoms in total. The quantitative estimate of drug-likeness (QED) is 0.604. The third kappa shape index (κ3) is 1.60. The van der Waals surface area contributed by atoms with E-state index in [2.05, 4.69) is 23.7 Å². The summed E-state index contributed by atoms with van der Waals surface area (Å²) in [4.78, 5) is 0. The largest absolute Gasteiger partial charge is 0.115 e. The van der Waals surface area contributed by atoms with Crippen molar-refractivity contribution >= 4 is 10.8 Å². The minimum Gasteiger partial charge on any atom is -0.115 e. The summed E-state index contributed by atoms with van der Waals surface area (Å²) in [7, 11) is 0. The van der Waals surface area contributed by atoms with E-state index in [1.54, 1.807) is 18.2 Å². The van der Waals surface area contributed by atoms with E-state index in [0.717, 1.165) is 21.9 Å². The highest BCUT2D eigenvalue weighted by Crippen LogP contribution is 2.27. The maximum Gasteiger partial charge on any atom is 0.0346 e. The van der Waals surface area contributed by atoms with Crippen LogP contribution in [0.15, 0.2) is 24.3 Å². The molecule has 0 N–H and O–H groups in total. The summed E-state index contributed by atoms with van der Waals surface area (Å²) in [6.07, 6.45) is 21.9. The number of hydrogen-bond donors (Lipinski definition) is 0. The Labute approximate surface area is 107 Å². The third-order valence-corrected chi connectivity index (χ3v) is 2.75. The second-order valence-corrected chi connectivity index (χ2v) is 3.68. The van der Waals surface area contributed by atoms with Gasteiger partial charge in [0.1, 0.15) is 0 Å². The summed E-state index contributed by atoms with van der Waals surface area (Å²) in [5.41, 5.74) is 2.82. The molecule has 0 fully saturated rings. The average Bonchev–Trinajstić information content (AvgIpc) is 2.44. The number of hydrogen-bond acceptors (Lipinski definition) is 0. The lowest BCUT2D eigenvalue weighted by atomic mass is 9.94. The summed E-state index contributed by atoms with van der Waals surface area (Å²) >= 11 is 0. The van der Waals surface area contributed by atoms with Crippen LogP contribution in [0.2, 0.25) is 0 Å². The molecule has 0 aliphatic rings. The molecule has 0 heteroatoms. The van der Waals surface area contributed by atoms with Crippen molar-refractivity contribution in [1.29, 1.82) is 0 Å². The Balaban J connectivity index is 3.10. The van der Waals surface area contributed by atoms with Crippen LogP contribution in [-0.2, 0) is 0 Å². The van der Waals surface area contributed by atoms with Crippen molar-refractivity contribution in [1.82, 2.24) is 0 Å². The molecule has 0 saturated heterocycles. The van der Waals surface area contributed by atoms with Crippen molar-refractivity contribution in [2.24, 2.45) is 0 Å². The Kier molecular flexibility index (Phi) is 2.82. The van der Waals surface area contributed by atoms with Crippen molar-refractivity contribution < 1.29 is 0 Å². The van der Waals surface area contributed by atoms with Crippen molar-refractivity contribution in [3.8, 4) is 49.4 Å². The SMILES string of the molecule is C#Cc1cc(C#C)c2c(C#C)ccc(C#C)c2c1. The summed E-state index contributed by atoms with van der Waals surface area (Å²) in [5, 5.41) is 1.64. The molecule has 80 valence electrons. The number of fused-ring (bicyclic) bond motifs is 1. The van der Waals surface area contributed by atoms with E-state index in [1.165, 1.54) is 0 Å². The fraction of sp³-hybridized carbons (Fsp3) is 0. The minimum absolute atomic E-state index is 0.672. The zero-order valence-corrected chi connectivity index (χ0v) is 9.62. The van der Waals surface area contributed by atoms with E-state index < -0.39 is 0 Å². The number of terminal acetylenes is 4. The zero-order valence-electron chi connectivity index (χ0n) is 9.62. The first-order valence-electron chi connectivity index (χ1n) is 5.22. The lowest BCUT2D eigenvalue weighted by Crippen LogP contribution is -1.90. The second kappa shape index (κ2) is 4.44. The van der Waals surface area contributed by atoms with E-state index in [1.807, 2.05) is 6.07 Å². The van der Waals surface area contributed by atoms with E-state index >= 15 is 0 Å². The predicted octanol–water partition coefficient (Wildman–Crippen LogP) is 2.77. The molecule has 0 aromatic heterocycles. The molecule has 2 aromatic rings. The molecule has 0 unspecified atom stereocenters. The van der Waals surface area contributed by atoms with Gasteiger partial charge in [-0.1, -0.05) is 23.7 Å². The number of benzene rings is 2. The molecule has 2 aromatic carbocycles. The van der Waals surface area contributed by atoms with Crippen LogP contribution in [-0.4, -0.2) is 0 Å². The molecule has 0 radical (unpaired) electrons. The van der Waals surface area contributed by atoms with Crippen molar-refractivity contribution in [2.45, 2.75) is 0 Å². The monoisotopic (exact) mass is 224 g/mol. The predicted molar refractivity (Wildman–Crippen MR) is 75.7 cm³/mol. The van der Waals surface area contributed by atoms with Gasteiger partial charge < -0.3 is 0 Å². The fourth-order valence-corrected chi connectivity index (χ4v) is 1.93. The van der Waals surface area contributed by atoms with Gasteiger partial charge >= 0.3 is 0 Å².